The van der Waals surface area contributed by atoms with E-state index in [1.54, 1.807) is 24.0 Å². The lowest BCUT2D eigenvalue weighted by molar-refractivity contribution is -0.146. The largest absolute Gasteiger partial charge is 0.480 e. The smallest absolute Gasteiger partial charge is 0.329 e. The topological polar surface area (TPSA) is 105 Å². The molecule has 1 aliphatic rings. The first-order valence-electron chi connectivity index (χ1n) is 8.32. The van der Waals surface area contributed by atoms with Gasteiger partial charge in [-0.3, -0.25) is 14.8 Å². The van der Waals surface area contributed by atoms with Gasteiger partial charge >= 0.3 is 5.97 Å². The Labute approximate surface area is 149 Å². The fourth-order valence-corrected chi connectivity index (χ4v) is 3.92. The second kappa shape index (κ2) is 7.26. The second-order valence-corrected chi connectivity index (χ2v) is 7.18. The molecule has 8 heteroatoms. The van der Waals surface area contributed by atoms with Crippen LogP contribution >= 0.6 is 11.3 Å². The molecule has 3 rings (SSSR count). The molecule has 0 atom stereocenters. The van der Waals surface area contributed by atoms with Crippen molar-refractivity contribution in [2.45, 2.75) is 44.6 Å². The lowest BCUT2D eigenvalue weighted by atomic mass is 9.75. The molecule has 2 heterocycles. The van der Waals surface area contributed by atoms with Gasteiger partial charge in [0.25, 0.3) is 5.91 Å². The summed E-state index contributed by atoms with van der Waals surface area (Å²) in [5.41, 5.74) is -0.397. The first kappa shape index (κ1) is 17.5. The molecule has 0 unspecified atom stereocenters. The van der Waals surface area contributed by atoms with Gasteiger partial charge in [-0.15, -0.1) is 11.3 Å². The fourth-order valence-electron chi connectivity index (χ4n) is 3.16. The van der Waals surface area contributed by atoms with Crippen molar-refractivity contribution < 1.29 is 14.7 Å². The molecule has 25 heavy (non-hydrogen) atoms. The highest BCUT2D eigenvalue weighted by atomic mass is 32.1. The van der Waals surface area contributed by atoms with Crippen LogP contribution < -0.4 is 5.32 Å². The van der Waals surface area contributed by atoms with Crippen LogP contribution in [0.3, 0.4) is 0 Å². The average Bonchev–Trinajstić information content (AvgIpc) is 3.13. The maximum atomic E-state index is 12.6. The number of nitrogens with one attached hydrogen (secondary N) is 1. The number of carboxylic acid groups (broad SMARTS) is 1. The van der Waals surface area contributed by atoms with Crippen molar-refractivity contribution in [1.29, 1.82) is 0 Å². The van der Waals surface area contributed by atoms with Gasteiger partial charge in [-0.2, -0.15) is 0 Å². The van der Waals surface area contributed by atoms with Gasteiger partial charge in [0.2, 0.25) is 0 Å². The standard InChI is InChI=1S/C17H20N4O3S/c1-2-11-3-5-17(6-4-11,16(23)24)21-14(22)13-10-25-15(20-13)12-9-18-7-8-19-12/h7-11H,2-6H2,1H3,(H,21,22)(H,23,24). The van der Waals surface area contributed by atoms with Crippen molar-refractivity contribution in [2.24, 2.45) is 5.92 Å². The summed E-state index contributed by atoms with van der Waals surface area (Å²) in [6, 6.07) is 0. The molecule has 0 radical (unpaired) electrons. The van der Waals surface area contributed by atoms with Gasteiger partial charge in [0.05, 0.1) is 6.20 Å². The SMILES string of the molecule is CCC1CCC(NC(=O)c2csc(-c3cnccn3)n2)(C(=O)O)CC1. The number of carbonyl (C=O) groups excluding carboxylic acids is 1. The van der Waals surface area contributed by atoms with Crippen LogP contribution in [-0.2, 0) is 4.79 Å². The minimum Gasteiger partial charge on any atom is -0.480 e. The number of nitrogens with zero attached hydrogens (tertiary/aromatic N) is 3. The zero-order valence-corrected chi connectivity index (χ0v) is 14.8. The molecule has 0 aliphatic heterocycles. The summed E-state index contributed by atoms with van der Waals surface area (Å²) in [6.45, 7) is 2.11. The highest BCUT2D eigenvalue weighted by molar-refractivity contribution is 7.13. The van der Waals surface area contributed by atoms with Crippen molar-refractivity contribution in [2.75, 3.05) is 0 Å². The number of hydrogen-bond acceptors (Lipinski definition) is 6. The lowest BCUT2D eigenvalue weighted by Crippen LogP contribution is -2.56. The number of thiazole rings is 1. The van der Waals surface area contributed by atoms with E-state index in [2.05, 4.69) is 27.2 Å². The summed E-state index contributed by atoms with van der Waals surface area (Å²) in [7, 11) is 0. The molecule has 1 aliphatic carbocycles. The number of amides is 1. The summed E-state index contributed by atoms with van der Waals surface area (Å²) in [6.07, 6.45) is 8.26. The van der Waals surface area contributed by atoms with E-state index >= 15 is 0 Å². The Bertz CT molecular complexity index is 754. The van der Waals surface area contributed by atoms with Gasteiger partial charge in [-0.25, -0.2) is 9.78 Å². The first-order valence-corrected chi connectivity index (χ1v) is 9.20. The van der Waals surface area contributed by atoms with Crippen LogP contribution in [0.1, 0.15) is 49.5 Å². The minimum absolute atomic E-state index is 0.212. The Morgan fingerprint density at radius 1 is 1.36 bits per heavy atom. The molecule has 0 saturated heterocycles. The number of aromatic nitrogens is 3. The zero-order valence-electron chi connectivity index (χ0n) is 13.9. The van der Waals surface area contributed by atoms with Gasteiger partial charge < -0.3 is 10.4 Å². The number of hydrogen-bond donors (Lipinski definition) is 2. The Morgan fingerprint density at radius 3 is 2.72 bits per heavy atom. The van der Waals surface area contributed by atoms with Gasteiger partial charge in [0.1, 0.15) is 21.9 Å². The highest BCUT2D eigenvalue weighted by Crippen LogP contribution is 2.34. The maximum absolute atomic E-state index is 12.6. The van der Waals surface area contributed by atoms with Crippen LogP contribution in [0.5, 0.6) is 0 Å². The zero-order chi connectivity index (χ0) is 17.9. The molecule has 1 fully saturated rings. The fraction of sp³-hybridized carbons (Fsp3) is 0.471. The summed E-state index contributed by atoms with van der Waals surface area (Å²) < 4.78 is 0. The molecule has 1 amide bonds. The van der Waals surface area contributed by atoms with Crippen molar-refractivity contribution in [3.8, 4) is 10.7 Å². The normalized spacial score (nSPS) is 23.2. The monoisotopic (exact) mass is 360 g/mol. The van der Waals surface area contributed by atoms with Crippen LogP contribution in [0, 0.1) is 5.92 Å². The molecule has 7 nitrogen and oxygen atoms in total. The van der Waals surface area contributed by atoms with Crippen molar-refractivity contribution in [3.05, 3.63) is 29.7 Å². The molecule has 2 aromatic heterocycles. The van der Waals surface area contributed by atoms with Crippen molar-refractivity contribution in [1.82, 2.24) is 20.3 Å². The summed E-state index contributed by atoms with van der Waals surface area (Å²) >= 11 is 1.28. The van der Waals surface area contributed by atoms with Gasteiger partial charge in [-0.05, 0) is 31.6 Å². The third kappa shape index (κ3) is 3.68. The number of rotatable bonds is 5. The van der Waals surface area contributed by atoms with E-state index in [1.807, 2.05) is 0 Å². The third-order valence-electron chi connectivity index (χ3n) is 4.82. The van der Waals surface area contributed by atoms with Crippen LogP contribution in [-0.4, -0.2) is 37.5 Å². The van der Waals surface area contributed by atoms with E-state index in [0.717, 1.165) is 19.3 Å². The van der Waals surface area contributed by atoms with E-state index in [-0.39, 0.29) is 5.69 Å². The average molecular weight is 360 g/mol. The number of carbonyl (C=O) groups is 2. The molecule has 0 bridgehead atoms. The molecule has 2 aromatic rings. The molecule has 1 saturated carbocycles. The van der Waals surface area contributed by atoms with E-state index < -0.39 is 17.4 Å². The molecule has 2 N–H and O–H groups in total. The van der Waals surface area contributed by atoms with E-state index in [9.17, 15) is 14.7 Å². The lowest BCUT2D eigenvalue weighted by Gasteiger charge is -2.37. The molecular formula is C17H20N4O3S. The second-order valence-electron chi connectivity index (χ2n) is 6.32. The molecule has 0 aromatic carbocycles. The number of aliphatic carboxylic acids is 1. The maximum Gasteiger partial charge on any atom is 0.329 e. The predicted molar refractivity (Wildman–Crippen MR) is 93.2 cm³/mol. The predicted octanol–water partition coefficient (Wildman–Crippen LogP) is 2.75. The van der Waals surface area contributed by atoms with Crippen LogP contribution in [0.25, 0.3) is 10.7 Å². The van der Waals surface area contributed by atoms with Gasteiger partial charge in [-0.1, -0.05) is 13.3 Å². The molecule has 132 valence electrons. The van der Waals surface area contributed by atoms with Gasteiger partial charge in [0.15, 0.2) is 0 Å². The quantitative estimate of drug-likeness (QED) is 0.849. The van der Waals surface area contributed by atoms with Crippen LogP contribution in [0.15, 0.2) is 24.0 Å². The third-order valence-corrected chi connectivity index (χ3v) is 5.68. The van der Waals surface area contributed by atoms with E-state index in [0.29, 0.717) is 29.5 Å². The Balaban J connectivity index is 1.75. The van der Waals surface area contributed by atoms with Crippen LogP contribution in [0.4, 0.5) is 0 Å². The highest BCUT2D eigenvalue weighted by Gasteiger charge is 2.43. The Morgan fingerprint density at radius 2 is 2.12 bits per heavy atom. The van der Waals surface area contributed by atoms with E-state index in [4.69, 9.17) is 0 Å². The molecular weight excluding hydrogens is 340 g/mol. The summed E-state index contributed by atoms with van der Waals surface area (Å²) in [4.78, 5) is 36.8. The van der Waals surface area contributed by atoms with E-state index in [1.165, 1.54) is 11.3 Å². The van der Waals surface area contributed by atoms with Crippen LogP contribution in [0.2, 0.25) is 0 Å². The van der Waals surface area contributed by atoms with Crippen molar-refractivity contribution in [3.63, 3.8) is 0 Å². The van der Waals surface area contributed by atoms with Crippen molar-refractivity contribution >= 4 is 23.2 Å². The Kier molecular flexibility index (Phi) is 5.08. The Hall–Kier alpha value is -2.35. The number of carboxylic acids is 1. The molecule has 0 spiro atoms. The van der Waals surface area contributed by atoms with Gasteiger partial charge in [0, 0.05) is 17.8 Å². The first-order chi connectivity index (χ1) is 12.0. The summed E-state index contributed by atoms with van der Waals surface area (Å²) in [5.74, 6) is -0.893. The summed E-state index contributed by atoms with van der Waals surface area (Å²) in [5, 5.41) is 14.6. The minimum atomic E-state index is -1.20.